The van der Waals surface area contributed by atoms with E-state index in [9.17, 15) is 9.59 Å². The molecule has 0 aliphatic heterocycles. The summed E-state index contributed by atoms with van der Waals surface area (Å²) < 4.78 is 10.2. The van der Waals surface area contributed by atoms with Gasteiger partial charge in [0, 0.05) is 5.57 Å². The van der Waals surface area contributed by atoms with E-state index in [1.54, 1.807) is 6.08 Å². The number of allylic oxidation sites excluding steroid dienone is 11. The smallest absolute Gasteiger partial charge is 0.339 e. The second kappa shape index (κ2) is 10.1. The third kappa shape index (κ3) is 5.12. The Morgan fingerprint density at radius 2 is 1.47 bits per heavy atom. The molecule has 1 aromatic rings. The molecule has 0 bridgehead atoms. The third-order valence-corrected chi connectivity index (χ3v) is 5.95. The summed E-state index contributed by atoms with van der Waals surface area (Å²) in [6.45, 7) is 10.5. The van der Waals surface area contributed by atoms with Gasteiger partial charge in [-0.2, -0.15) is 0 Å². The molecule has 0 amide bonds. The highest BCUT2D eigenvalue weighted by Crippen LogP contribution is 2.42. The second-order valence-corrected chi connectivity index (χ2v) is 9.41. The lowest BCUT2D eigenvalue weighted by Crippen LogP contribution is -2.18. The van der Waals surface area contributed by atoms with Gasteiger partial charge in [-0.15, -0.1) is 0 Å². The molecule has 2 aliphatic rings. The number of esters is 2. The monoisotopic (exact) mass is 456 g/mol. The van der Waals surface area contributed by atoms with E-state index < -0.39 is 11.9 Å². The van der Waals surface area contributed by atoms with Crippen LogP contribution in [0, 0.1) is 5.41 Å². The summed E-state index contributed by atoms with van der Waals surface area (Å²) in [6, 6.07) is 9.96. The minimum Gasteiger partial charge on any atom is -0.465 e. The lowest BCUT2D eigenvalue weighted by Gasteiger charge is -2.21. The molecule has 0 fully saturated rings. The maximum absolute atomic E-state index is 13.2. The van der Waals surface area contributed by atoms with Crippen molar-refractivity contribution in [1.29, 1.82) is 0 Å². The van der Waals surface area contributed by atoms with Gasteiger partial charge < -0.3 is 9.47 Å². The molecule has 0 unspecified atom stereocenters. The molecule has 4 heteroatoms. The van der Waals surface area contributed by atoms with Crippen molar-refractivity contribution in [3.8, 4) is 0 Å². The minimum atomic E-state index is -0.588. The Morgan fingerprint density at radius 3 is 2.06 bits per heavy atom. The van der Waals surface area contributed by atoms with Crippen molar-refractivity contribution in [3.05, 3.63) is 111 Å². The van der Waals surface area contributed by atoms with Crippen LogP contribution < -0.4 is 0 Å². The van der Waals surface area contributed by atoms with Gasteiger partial charge in [-0.3, -0.25) is 0 Å². The lowest BCUT2D eigenvalue weighted by atomic mass is 9.83. The van der Waals surface area contributed by atoms with Crippen LogP contribution in [0.4, 0.5) is 0 Å². The van der Waals surface area contributed by atoms with Gasteiger partial charge in [0.2, 0.25) is 0 Å². The average Bonchev–Trinajstić information content (AvgIpc) is 3.05. The summed E-state index contributed by atoms with van der Waals surface area (Å²) in [5.41, 5.74) is 6.71. The van der Waals surface area contributed by atoms with Crippen LogP contribution in [0.2, 0.25) is 0 Å². The van der Waals surface area contributed by atoms with E-state index in [1.165, 1.54) is 14.2 Å². The minimum absolute atomic E-state index is 0.137. The van der Waals surface area contributed by atoms with Crippen LogP contribution in [0.1, 0.15) is 40.2 Å². The van der Waals surface area contributed by atoms with Crippen molar-refractivity contribution in [3.63, 3.8) is 0 Å². The highest BCUT2D eigenvalue weighted by Gasteiger charge is 2.33. The zero-order chi connectivity index (χ0) is 25.0. The molecule has 3 rings (SSSR count). The highest BCUT2D eigenvalue weighted by molar-refractivity contribution is 6.09. The first-order valence-corrected chi connectivity index (χ1v) is 11.3. The molecule has 0 heterocycles. The van der Waals surface area contributed by atoms with E-state index in [0.29, 0.717) is 5.57 Å². The van der Waals surface area contributed by atoms with Gasteiger partial charge in [0.05, 0.1) is 25.4 Å². The molecule has 0 spiro atoms. The Morgan fingerprint density at radius 1 is 0.824 bits per heavy atom. The molecule has 0 aromatic heterocycles. The molecule has 0 radical (unpaired) electrons. The van der Waals surface area contributed by atoms with Crippen LogP contribution in [0.15, 0.2) is 105 Å². The fourth-order valence-corrected chi connectivity index (χ4v) is 4.12. The molecule has 0 atom stereocenters. The Hall–Kier alpha value is -3.66. The van der Waals surface area contributed by atoms with E-state index in [2.05, 4.69) is 32.9 Å². The Labute approximate surface area is 202 Å². The van der Waals surface area contributed by atoms with Crippen LogP contribution in [0.5, 0.6) is 0 Å². The van der Waals surface area contributed by atoms with Crippen molar-refractivity contribution in [2.75, 3.05) is 14.2 Å². The van der Waals surface area contributed by atoms with Crippen molar-refractivity contribution in [2.24, 2.45) is 5.41 Å². The zero-order valence-corrected chi connectivity index (χ0v) is 21.0. The second-order valence-electron chi connectivity index (χ2n) is 9.41. The molecule has 0 saturated carbocycles. The number of methoxy groups -OCH3 is 2. The maximum Gasteiger partial charge on any atom is 0.339 e. The first-order chi connectivity index (χ1) is 16.1. The quantitative estimate of drug-likeness (QED) is 0.488. The number of hydrogen-bond acceptors (Lipinski definition) is 4. The fraction of sp³-hybridized carbons (Fsp3) is 0.267. The van der Waals surface area contributed by atoms with Crippen molar-refractivity contribution in [2.45, 2.75) is 34.6 Å². The van der Waals surface area contributed by atoms with E-state index in [4.69, 9.17) is 9.47 Å². The summed E-state index contributed by atoms with van der Waals surface area (Å²) in [6.07, 6.45) is 11.8. The van der Waals surface area contributed by atoms with Crippen LogP contribution in [-0.4, -0.2) is 26.2 Å². The number of hydrogen-bond donors (Lipinski definition) is 0. The molecule has 1 aromatic carbocycles. The van der Waals surface area contributed by atoms with E-state index in [-0.39, 0.29) is 16.6 Å². The molecule has 0 saturated heterocycles. The molecule has 34 heavy (non-hydrogen) atoms. The summed E-state index contributed by atoms with van der Waals surface area (Å²) in [7, 11) is 2.63. The normalized spacial score (nSPS) is 16.7. The standard InChI is InChI=1S/C30H32O4/c1-19-13-16-24(28(31)33-6)27(29(32)34-7)26-22(15-14-21-11-9-8-10-12-21)18-23(30(3,4)5)17-20(2)25(19)26/h8-18H,1-7H3/b15-14+. The molecular weight excluding hydrogens is 424 g/mol. The van der Waals surface area contributed by atoms with Gasteiger partial charge >= 0.3 is 11.9 Å². The Bertz CT molecular complexity index is 1220. The van der Waals surface area contributed by atoms with E-state index in [1.807, 2.05) is 62.4 Å². The van der Waals surface area contributed by atoms with Crippen LogP contribution in [0.3, 0.4) is 0 Å². The summed E-state index contributed by atoms with van der Waals surface area (Å²) in [5.74, 6) is -1.17. The zero-order valence-electron chi connectivity index (χ0n) is 21.0. The van der Waals surface area contributed by atoms with Crippen LogP contribution in [0.25, 0.3) is 6.08 Å². The van der Waals surface area contributed by atoms with E-state index in [0.717, 1.165) is 33.4 Å². The van der Waals surface area contributed by atoms with Crippen molar-refractivity contribution < 1.29 is 19.1 Å². The average molecular weight is 457 g/mol. The number of carbonyl (C=O) groups is 2. The number of benzene rings is 1. The number of rotatable bonds is 4. The van der Waals surface area contributed by atoms with Gasteiger partial charge in [-0.25, -0.2) is 9.59 Å². The molecule has 176 valence electrons. The Kier molecular flexibility index (Phi) is 7.41. The molecule has 4 nitrogen and oxygen atoms in total. The molecule has 2 aliphatic carbocycles. The predicted octanol–water partition coefficient (Wildman–Crippen LogP) is 6.46. The SMILES string of the molecule is COC(=O)C1=CC=C(C)C2=C(C)C=C(C(C)(C)C)C=C(/C=C/c3ccccc3)C2=C1C(=O)OC. The fourth-order valence-electron chi connectivity index (χ4n) is 4.12. The lowest BCUT2D eigenvalue weighted by molar-refractivity contribution is -0.139. The van der Waals surface area contributed by atoms with Gasteiger partial charge in [0.15, 0.2) is 0 Å². The van der Waals surface area contributed by atoms with Crippen molar-refractivity contribution in [1.82, 2.24) is 0 Å². The summed E-state index contributed by atoms with van der Waals surface area (Å²) in [4.78, 5) is 26.0. The van der Waals surface area contributed by atoms with Gasteiger partial charge in [-0.1, -0.05) is 81.5 Å². The number of ether oxygens (including phenoxy) is 2. The van der Waals surface area contributed by atoms with Crippen LogP contribution in [-0.2, 0) is 19.1 Å². The Balaban J connectivity index is 2.44. The van der Waals surface area contributed by atoms with Crippen molar-refractivity contribution >= 4 is 18.0 Å². The maximum atomic E-state index is 13.2. The highest BCUT2D eigenvalue weighted by atomic mass is 16.5. The van der Waals surface area contributed by atoms with Gasteiger partial charge in [0.1, 0.15) is 0 Å². The predicted molar refractivity (Wildman–Crippen MR) is 137 cm³/mol. The van der Waals surface area contributed by atoms with Gasteiger partial charge in [-0.05, 0) is 58.8 Å². The summed E-state index contributed by atoms with van der Waals surface area (Å²) >= 11 is 0. The molecular formula is C30H32O4. The molecule has 0 N–H and O–H groups in total. The number of carbonyl (C=O) groups excluding carboxylic acids is 2. The van der Waals surface area contributed by atoms with Crippen LogP contribution >= 0.6 is 0 Å². The first-order valence-electron chi connectivity index (χ1n) is 11.3. The topological polar surface area (TPSA) is 52.6 Å². The van der Waals surface area contributed by atoms with Gasteiger partial charge in [0.25, 0.3) is 0 Å². The first kappa shape index (κ1) is 25.0. The largest absolute Gasteiger partial charge is 0.465 e. The number of fused-ring (bicyclic) bond motifs is 1. The third-order valence-electron chi connectivity index (χ3n) is 5.95. The summed E-state index contributed by atoms with van der Waals surface area (Å²) in [5, 5.41) is 0. The van der Waals surface area contributed by atoms with E-state index >= 15 is 0 Å².